The molecule has 2 aliphatic rings. The Morgan fingerprint density at radius 3 is 3.06 bits per heavy atom. The lowest BCUT2D eigenvalue weighted by atomic mass is 9.78. The number of rotatable bonds is 1. The average Bonchev–Trinajstić information content (AvgIpc) is 2.74. The van der Waals surface area contributed by atoms with Gasteiger partial charge in [0.1, 0.15) is 5.82 Å². The van der Waals surface area contributed by atoms with E-state index in [0.717, 1.165) is 25.3 Å². The molecule has 92 valence electrons. The Balaban J connectivity index is 1.81. The fourth-order valence-electron chi connectivity index (χ4n) is 3.23. The summed E-state index contributed by atoms with van der Waals surface area (Å²) in [6.45, 7) is 1.94. The number of aromatic nitrogens is 2. The maximum Gasteiger partial charge on any atom is 0.252 e. The van der Waals surface area contributed by atoms with Gasteiger partial charge in [0.05, 0.1) is 6.33 Å². The smallest absolute Gasteiger partial charge is 0.252 e. The second-order valence-corrected chi connectivity index (χ2v) is 5.19. The van der Waals surface area contributed by atoms with E-state index < -0.39 is 0 Å². The minimum atomic E-state index is -0.0887. The van der Waals surface area contributed by atoms with Crippen LogP contribution in [0.3, 0.4) is 0 Å². The first-order valence-corrected chi connectivity index (χ1v) is 6.29. The topological polar surface area (TPSA) is 75.0 Å². The number of hydrogen-bond donors (Lipinski definition) is 2. The van der Waals surface area contributed by atoms with Crippen LogP contribution < -0.4 is 16.2 Å². The standard InChI is InChI=1S/C12H18N4O/c13-10-3-1-2-8-5-16(6-9(8)10)11-4-12(17)15-7-14-11/h4,7-10H,1-3,5-6,13H2,(H,14,15,17). The molecule has 0 radical (unpaired) electrons. The molecule has 0 aromatic carbocycles. The van der Waals surface area contributed by atoms with Crippen LogP contribution in [-0.4, -0.2) is 29.1 Å². The fourth-order valence-corrected chi connectivity index (χ4v) is 3.23. The Morgan fingerprint density at radius 2 is 2.29 bits per heavy atom. The van der Waals surface area contributed by atoms with Crippen molar-refractivity contribution in [3.8, 4) is 0 Å². The quantitative estimate of drug-likeness (QED) is 0.734. The summed E-state index contributed by atoms with van der Waals surface area (Å²) >= 11 is 0. The first-order chi connectivity index (χ1) is 8.24. The minimum Gasteiger partial charge on any atom is -0.356 e. The lowest BCUT2D eigenvalue weighted by Crippen LogP contribution is -2.38. The van der Waals surface area contributed by atoms with Crippen molar-refractivity contribution in [3.05, 3.63) is 22.7 Å². The number of nitrogens with two attached hydrogens (primary N) is 1. The van der Waals surface area contributed by atoms with Gasteiger partial charge in [0, 0.05) is 25.2 Å². The number of hydrogen-bond acceptors (Lipinski definition) is 4. The number of H-pyrrole nitrogens is 1. The van der Waals surface area contributed by atoms with Gasteiger partial charge in [-0.3, -0.25) is 4.79 Å². The second-order valence-electron chi connectivity index (χ2n) is 5.19. The van der Waals surface area contributed by atoms with Gasteiger partial charge in [-0.25, -0.2) is 4.98 Å². The summed E-state index contributed by atoms with van der Waals surface area (Å²) in [4.78, 5) is 20.3. The number of anilines is 1. The van der Waals surface area contributed by atoms with Crippen LogP contribution in [0.2, 0.25) is 0 Å². The molecule has 5 heteroatoms. The van der Waals surface area contributed by atoms with E-state index in [9.17, 15) is 4.79 Å². The molecule has 1 saturated heterocycles. The van der Waals surface area contributed by atoms with Crippen molar-refractivity contribution in [2.45, 2.75) is 25.3 Å². The molecule has 1 aromatic rings. The van der Waals surface area contributed by atoms with Gasteiger partial charge >= 0.3 is 0 Å². The lowest BCUT2D eigenvalue weighted by molar-refractivity contribution is 0.260. The SMILES string of the molecule is NC1CCCC2CN(c3cc(=O)[nH]cn3)CC12. The molecule has 3 rings (SSSR count). The largest absolute Gasteiger partial charge is 0.356 e. The number of fused-ring (bicyclic) bond motifs is 1. The first-order valence-electron chi connectivity index (χ1n) is 6.29. The Kier molecular flexibility index (Phi) is 2.63. The van der Waals surface area contributed by atoms with E-state index in [0.29, 0.717) is 17.9 Å². The van der Waals surface area contributed by atoms with Crippen LogP contribution in [0.25, 0.3) is 0 Å². The van der Waals surface area contributed by atoms with Crippen molar-refractivity contribution >= 4 is 5.82 Å². The Hall–Kier alpha value is -1.36. The van der Waals surface area contributed by atoms with E-state index in [-0.39, 0.29) is 5.56 Å². The van der Waals surface area contributed by atoms with E-state index >= 15 is 0 Å². The molecule has 0 bridgehead atoms. The Bertz CT molecular complexity index is 458. The molecule has 1 saturated carbocycles. The zero-order valence-corrected chi connectivity index (χ0v) is 9.80. The fraction of sp³-hybridized carbons (Fsp3) is 0.667. The van der Waals surface area contributed by atoms with E-state index in [1.54, 1.807) is 6.07 Å². The number of aromatic amines is 1. The van der Waals surface area contributed by atoms with Crippen molar-refractivity contribution in [2.75, 3.05) is 18.0 Å². The molecular weight excluding hydrogens is 216 g/mol. The third kappa shape index (κ3) is 1.95. The monoisotopic (exact) mass is 234 g/mol. The lowest BCUT2D eigenvalue weighted by Gasteiger charge is -2.29. The van der Waals surface area contributed by atoms with E-state index in [4.69, 9.17) is 5.73 Å². The predicted octanol–water partition coefficient (Wildman–Crippen LogP) is 0.333. The van der Waals surface area contributed by atoms with Gasteiger partial charge in [-0.05, 0) is 24.7 Å². The van der Waals surface area contributed by atoms with Crippen LogP contribution in [-0.2, 0) is 0 Å². The summed E-state index contributed by atoms with van der Waals surface area (Å²) in [5, 5.41) is 0. The Morgan fingerprint density at radius 1 is 1.41 bits per heavy atom. The van der Waals surface area contributed by atoms with Crippen LogP contribution in [0.1, 0.15) is 19.3 Å². The summed E-state index contributed by atoms with van der Waals surface area (Å²) in [6, 6.07) is 1.89. The molecule has 1 aliphatic heterocycles. The summed E-state index contributed by atoms with van der Waals surface area (Å²) in [7, 11) is 0. The summed E-state index contributed by atoms with van der Waals surface area (Å²) in [6.07, 6.45) is 5.11. The van der Waals surface area contributed by atoms with Gasteiger partial charge in [-0.15, -0.1) is 0 Å². The summed E-state index contributed by atoms with van der Waals surface area (Å²) < 4.78 is 0. The van der Waals surface area contributed by atoms with Crippen LogP contribution in [0, 0.1) is 11.8 Å². The molecule has 2 fully saturated rings. The van der Waals surface area contributed by atoms with Gasteiger partial charge in [0.25, 0.3) is 5.56 Å². The highest BCUT2D eigenvalue weighted by atomic mass is 16.1. The van der Waals surface area contributed by atoms with Crippen molar-refractivity contribution in [1.29, 1.82) is 0 Å². The van der Waals surface area contributed by atoms with Crippen molar-refractivity contribution in [2.24, 2.45) is 17.6 Å². The zero-order valence-electron chi connectivity index (χ0n) is 9.80. The number of nitrogens with one attached hydrogen (secondary N) is 1. The van der Waals surface area contributed by atoms with Gasteiger partial charge in [0.15, 0.2) is 0 Å². The zero-order chi connectivity index (χ0) is 11.8. The predicted molar refractivity (Wildman–Crippen MR) is 65.9 cm³/mol. The molecule has 2 heterocycles. The molecular formula is C12H18N4O. The maximum absolute atomic E-state index is 11.3. The molecule has 17 heavy (non-hydrogen) atoms. The molecule has 3 unspecified atom stereocenters. The molecule has 5 nitrogen and oxygen atoms in total. The summed E-state index contributed by atoms with van der Waals surface area (Å²) in [5.41, 5.74) is 6.09. The molecule has 0 spiro atoms. The highest BCUT2D eigenvalue weighted by molar-refractivity contribution is 5.38. The summed E-state index contributed by atoms with van der Waals surface area (Å²) in [5.74, 6) is 2.04. The van der Waals surface area contributed by atoms with Gasteiger partial charge < -0.3 is 15.6 Å². The van der Waals surface area contributed by atoms with Gasteiger partial charge in [-0.2, -0.15) is 0 Å². The Labute approximate surface area is 100 Å². The van der Waals surface area contributed by atoms with Crippen molar-refractivity contribution in [3.63, 3.8) is 0 Å². The molecule has 1 aromatic heterocycles. The third-order valence-corrected chi connectivity index (χ3v) is 4.14. The van der Waals surface area contributed by atoms with Crippen molar-refractivity contribution < 1.29 is 0 Å². The molecule has 3 atom stereocenters. The molecule has 0 amide bonds. The van der Waals surface area contributed by atoms with Crippen LogP contribution in [0.15, 0.2) is 17.2 Å². The van der Waals surface area contributed by atoms with Gasteiger partial charge in [0.2, 0.25) is 0 Å². The van der Waals surface area contributed by atoms with Crippen LogP contribution >= 0.6 is 0 Å². The second kappa shape index (κ2) is 4.14. The molecule has 1 aliphatic carbocycles. The van der Waals surface area contributed by atoms with Crippen LogP contribution in [0.4, 0.5) is 5.82 Å². The first kappa shape index (κ1) is 10.8. The average molecular weight is 234 g/mol. The van der Waals surface area contributed by atoms with Gasteiger partial charge in [-0.1, -0.05) is 6.42 Å². The van der Waals surface area contributed by atoms with Crippen molar-refractivity contribution in [1.82, 2.24) is 9.97 Å². The van der Waals surface area contributed by atoms with E-state index in [2.05, 4.69) is 14.9 Å². The normalized spacial score (nSPS) is 32.5. The minimum absolute atomic E-state index is 0.0887. The van der Waals surface area contributed by atoms with E-state index in [1.165, 1.54) is 19.2 Å². The molecule has 3 N–H and O–H groups in total. The van der Waals surface area contributed by atoms with Crippen LogP contribution in [0.5, 0.6) is 0 Å². The highest BCUT2D eigenvalue weighted by Crippen LogP contribution is 2.36. The third-order valence-electron chi connectivity index (χ3n) is 4.14. The number of nitrogens with zero attached hydrogens (tertiary/aromatic N) is 2. The van der Waals surface area contributed by atoms with E-state index in [1.807, 2.05) is 0 Å². The maximum atomic E-state index is 11.3. The highest BCUT2D eigenvalue weighted by Gasteiger charge is 2.39.